The van der Waals surface area contributed by atoms with E-state index in [4.69, 9.17) is 9.78 Å². The molecule has 2 aromatic rings. The number of carbonyl (C=O) groups is 1. The van der Waals surface area contributed by atoms with Crippen LogP contribution in [0.15, 0.2) is 42.5 Å². The lowest BCUT2D eigenvalue weighted by molar-refractivity contribution is -0.205. The first kappa shape index (κ1) is 15.3. The molecular weight excluding hydrogens is 264 g/mol. The van der Waals surface area contributed by atoms with E-state index in [0.29, 0.717) is 12.0 Å². The van der Waals surface area contributed by atoms with Crippen molar-refractivity contribution >= 4 is 5.78 Å². The molecule has 0 spiro atoms. The summed E-state index contributed by atoms with van der Waals surface area (Å²) >= 11 is 0. The zero-order valence-electron chi connectivity index (χ0n) is 12.7. The Balaban J connectivity index is 1.84. The summed E-state index contributed by atoms with van der Waals surface area (Å²) in [5.41, 5.74) is 3.95. The summed E-state index contributed by atoms with van der Waals surface area (Å²) in [4.78, 5) is 22.4. The van der Waals surface area contributed by atoms with Crippen molar-refractivity contribution in [3.8, 4) is 5.75 Å². The van der Waals surface area contributed by atoms with Crippen molar-refractivity contribution < 1.29 is 14.6 Å². The van der Waals surface area contributed by atoms with E-state index in [1.807, 2.05) is 51.1 Å². The molecule has 0 aromatic heterocycles. The lowest BCUT2D eigenvalue weighted by Gasteiger charge is -2.11. The number of rotatable bonds is 6. The summed E-state index contributed by atoms with van der Waals surface area (Å²) < 4.78 is 0. The maximum absolute atomic E-state index is 11.9. The molecule has 0 radical (unpaired) electrons. The highest BCUT2D eigenvalue weighted by Crippen LogP contribution is 2.24. The van der Waals surface area contributed by atoms with E-state index < -0.39 is 0 Å². The molecule has 0 unspecified atom stereocenters. The van der Waals surface area contributed by atoms with Crippen molar-refractivity contribution in [2.45, 2.75) is 27.2 Å². The number of hydrogen-bond donors (Lipinski definition) is 0. The summed E-state index contributed by atoms with van der Waals surface area (Å²) in [6.07, 6.45) is 0.300. The van der Waals surface area contributed by atoms with Gasteiger partial charge in [0, 0.05) is 12.0 Å². The SMILES string of the molecule is Cc1cc(C)c(OOCCC(=O)c2ccccc2)c(C)c1. The average molecular weight is 284 g/mol. The standard InChI is InChI=1S/C18H20O3/c1-13-11-14(2)18(15(3)12-13)21-20-10-9-17(19)16-7-5-4-6-8-16/h4-8,11-12H,9-10H2,1-3H3. The zero-order valence-corrected chi connectivity index (χ0v) is 12.7. The molecule has 0 atom stereocenters. The molecule has 0 heterocycles. The van der Waals surface area contributed by atoms with Crippen LogP contribution in [0.3, 0.4) is 0 Å². The van der Waals surface area contributed by atoms with Crippen LogP contribution in [0.25, 0.3) is 0 Å². The molecule has 3 nitrogen and oxygen atoms in total. The molecule has 0 fully saturated rings. The Kier molecular flexibility index (Phi) is 5.12. The summed E-state index contributed by atoms with van der Waals surface area (Å²) in [6.45, 7) is 6.24. The van der Waals surface area contributed by atoms with Crippen molar-refractivity contribution in [3.05, 3.63) is 64.7 Å². The molecule has 2 aromatic carbocycles. The molecule has 110 valence electrons. The van der Waals surface area contributed by atoms with Crippen LogP contribution in [0, 0.1) is 20.8 Å². The molecule has 0 aliphatic heterocycles. The summed E-state index contributed by atoms with van der Waals surface area (Å²) in [6, 6.07) is 13.3. The minimum absolute atomic E-state index is 0.0524. The van der Waals surface area contributed by atoms with Crippen molar-refractivity contribution in [1.29, 1.82) is 0 Å². The first-order valence-electron chi connectivity index (χ1n) is 7.03. The summed E-state index contributed by atoms with van der Waals surface area (Å²) in [5, 5.41) is 0. The van der Waals surface area contributed by atoms with Gasteiger partial charge in [0.25, 0.3) is 0 Å². The van der Waals surface area contributed by atoms with Crippen LogP contribution < -0.4 is 4.89 Å². The highest BCUT2D eigenvalue weighted by Gasteiger charge is 2.08. The van der Waals surface area contributed by atoms with Gasteiger partial charge in [0.05, 0.1) is 0 Å². The van der Waals surface area contributed by atoms with Crippen molar-refractivity contribution in [2.24, 2.45) is 0 Å². The van der Waals surface area contributed by atoms with Gasteiger partial charge in [-0.1, -0.05) is 48.0 Å². The van der Waals surface area contributed by atoms with Gasteiger partial charge in [0.1, 0.15) is 6.61 Å². The predicted octanol–water partition coefficient (Wildman–Crippen LogP) is 4.20. The molecule has 0 saturated heterocycles. The minimum Gasteiger partial charge on any atom is -0.337 e. The second-order valence-corrected chi connectivity index (χ2v) is 5.17. The van der Waals surface area contributed by atoms with E-state index in [2.05, 4.69) is 0 Å². The summed E-state index contributed by atoms with van der Waals surface area (Å²) in [5.74, 6) is 0.782. The van der Waals surface area contributed by atoms with Gasteiger partial charge in [0.2, 0.25) is 0 Å². The third-order valence-corrected chi connectivity index (χ3v) is 3.26. The lowest BCUT2D eigenvalue weighted by Crippen LogP contribution is -2.08. The number of benzene rings is 2. The third-order valence-electron chi connectivity index (χ3n) is 3.26. The Bertz CT molecular complexity index is 595. The zero-order chi connectivity index (χ0) is 15.2. The quantitative estimate of drug-likeness (QED) is 0.345. The van der Waals surface area contributed by atoms with E-state index in [1.165, 1.54) is 5.56 Å². The van der Waals surface area contributed by atoms with E-state index >= 15 is 0 Å². The number of Topliss-reactive ketones (excluding diaryl/α,β-unsaturated/α-hetero) is 1. The fourth-order valence-corrected chi connectivity index (χ4v) is 2.30. The molecule has 2 rings (SSSR count). The van der Waals surface area contributed by atoms with Gasteiger partial charge < -0.3 is 4.89 Å². The third kappa shape index (κ3) is 4.17. The average Bonchev–Trinajstić information content (AvgIpc) is 2.46. The Labute approximate surface area is 125 Å². The largest absolute Gasteiger partial charge is 0.337 e. The van der Waals surface area contributed by atoms with Gasteiger partial charge in [-0.05, 0) is 31.9 Å². The number of carbonyl (C=O) groups excluding carboxylic acids is 1. The fourth-order valence-electron chi connectivity index (χ4n) is 2.30. The minimum atomic E-state index is 0.0524. The summed E-state index contributed by atoms with van der Waals surface area (Å²) in [7, 11) is 0. The smallest absolute Gasteiger partial charge is 0.171 e. The second kappa shape index (κ2) is 7.04. The molecule has 0 amide bonds. The van der Waals surface area contributed by atoms with Crippen LogP contribution in [-0.2, 0) is 4.89 Å². The Morgan fingerprint density at radius 1 is 1.00 bits per heavy atom. The molecule has 0 N–H and O–H groups in total. The molecular formula is C18H20O3. The first-order chi connectivity index (χ1) is 10.1. The maximum Gasteiger partial charge on any atom is 0.171 e. The van der Waals surface area contributed by atoms with Crippen molar-refractivity contribution in [1.82, 2.24) is 0 Å². The topological polar surface area (TPSA) is 35.5 Å². The monoisotopic (exact) mass is 284 g/mol. The van der Waals surface area contributed by atoms with Crippen molar-refractivity contribution in [3.63, 3.8) is 0 Å². The predicted molar refractivity (Wildman–Crippen MR) is 82.6 cm³/mol. The van der Waals surface area contributed by atoms with Gasteiger partial charge in [-0.25, -0.2) is 0 Å². The lowest BCUT2D eigenvalue weighted by atomic mass is 10.1. The molecule has 0 bridgehead atoms. The Hall–Kier alpha value is -2.13. The van der Waals surface area contributed by atoms with Gasteiger partial charge in [-0.2, -0.15) is 4.89 Å². The molecule has 0 aliphatic carbocycles. The Morgan fingerprint density at radius 3 is 2.24 bits per heavy atom. The number of ketones is 1. The second-order valence-electron chi connectivity index (χ2n) is 5.17. The van der Waals surface area contributed by atoms with Gasteiger partial charge in [0.15, 0.2) is 11.5 Å². The first-order valence-corrected chi connectivity index (χ1v) is 7.03. The normalized spacial score (nSPS) is 10.4. The van der Waals surface area contributed by atoms with E-state index in [1.54, 1.807) is 12.1 Å². The number of aryl methyl sites for hydroxylation is 3. The van der Waals surface area contributed by atoms with Crippen LogP contribution in [0.4, 0.5) is 0 Å². The van der Waals surface area contributed by atoms with Gasteiger partial charge in [-0.3, -0.25) is 4.79 Å². The van der Waals surface area contributed by atoms with Crippen LogP contribution in [0.1, 0.15) is 33.5 Å². The van der Waals surface area contributed by atoms with Crippen LogP contribution >= 0.6 is 0 Å². The van der Waals surface area contributed by atoms with Crippen LogP contribution in [0.5, 0.6) is 5.75 Å². The molecule has 0 saturated carbocycles. The maximum atomic E-state index is 11.9. The van der Waals surface area contributed by atoms with Crippen LogP contribution in [0.2, 0.25) is 0 Å². The van der Waals surface area contributed by atoms with E-state index in [-0.39, 0.29) is 12.4 Å². The number of hydrogen-bond acceptors (Lipinski definition) is 3. The van der Waals surface area contributed by atoms with Gasteiger partial charge in [-0.15, -0.1) is 0 Å². The van der Waals surface area contributed by atoms with Crippen molar-refractivity contribution in [2.75, 3.05) is 6.61 Å². The molecule has 0 aliphatic rings. The Morgan fingerprint density at radius 2 is 1.62 bits per heavy atom. The molecule has 3 heteroatoms. The molecule has 21 heavy (non-hydrogen) atoms. The highest BCUT2D eigenvalue weighted by molar-refractivity contribution is 5.96. The van der Waals surface area contributed by atoms with E-state index in [0.717, 1.165) is 16.9 Å². The van der Waals surface area contributed by atoms with Crippen LogP contribution in [-0.4, -0.2) is 12.4 Å². The van der Waals surface area contributed by atoms with Gasteiger partial charge >= 0.3 is 0 Å². The fraction of sp³-hybridized carbons (Fsp3) is 0.278. The van der Waals surface area contributed by atoms with E-state index in [9.17, 15) is 4.79 Å². The highest BCUT2D eigenvalue weighted by atomic mass is 17.2.